The third-order valence-electron chi connectivity index (χ3n) is 3.45. The fraction of sp³-hybridized carbons (Fsp3) is 0.357. The molecule has 0 radical (unpaired) electrons. The highest BCUT2D eigenvalue weighted by atomic mass is 32.1. The molecule has 2 aromatic heterocycles. The van der Waals surface area contributed by atoms with E-state index in [4.69, 9.17) is 0 Å². The summed E-state index contributed by atoms with van der Waals surface area (Å²) in [6.07, 6.45) is 9.39. The molecule has 2 heterocycles. The molecule has 0 fully saturated rings. The molecule has 3 rings (SSSR count). The Hall–Kier alpha value is -1.39. The minimum absolute atomic E-state index is 0.507. The Balaban J connectivity index is 1.66. The first-order valence-corrected chi connectivity index (χ1v) is 7.20. The molecule has 1 aliphatic carbocycles. The van der Waals surface area contributed by atoms with E-state index in [0.717, 1.165) is 6.54 Å². The lowest BCUT2D eigenvalue weighted by molar-refractivity contribution is 0.463. The number of nitrogens with zero attached hydrogens (tertiary/aromatic N) is 2. The van der Waals surface area contributed by atoms with E-state index >= 15 is 0 Å². The average molecular weight is 259 g/mol. The van der Waals surface area contributed by atoms with Crippen LogP contribution in [0.4, 0.5) is 0 Å². The second-order valence-corrected chi connectivity index (χ2v) is 5.64. The lowest BCUT2D eigenvalue weighted by Crippen LogP contribution is -2.23. The van der Waals surface area contributed by atoms with Gasteiger partial charge in [0, 0.05) is 35.4 Å². The number of aryl methyl sites for hydroxylation is 1. The van der Waals surface area contributed by atoms with E-state index in [1.165, 1.54) is 30.4 Å². The van der Waals surface area contributed by atoms with Gasteiger partial charge in [-0.05, 0) is 36.3 Å². The highest BCUT2D eigenvalue weighted by Crippen LogP contribution is 2.33. The van der Waals surface area contributed by atoms with E-state index in [1.807, 2.05) is 23.7 Å². The van der Waals surface area contributed by atoms with Gasteiger partial charge in [0.25, 0.3) is 0 Å². The molecular weight excluding hydrogens is 242 g/mol. The van der Waals surface area contributed by atoms with E-state index in [9.17, 15) is 0 Å². The fourth-order valence-corrected chi connectivity index (χ4v) is 3.50. The maximum Gasteiger partial charge on any atom is 0.0538 e. The molecule has 1 aliphatic rings. The number of fused-ring (bicyclic) bond motifs is 1. The first kappa shape index (κ1) is 11.7. The van der Waals surface area contributed by atoms with Crippen LogP contribution in [0, 0.1) is 0 Å². The normalized spacial score (nSPS) is 18.6. The summed E-state index contributed by atoms with van der Waals surface area (Å²) < 4.78 is 1.74. The van der Waals surface area contributed by atoms with Crippen LogP contribution in [0.1, 0.15) is 34.9 Å². The Labute approximate surface area is 111 Å². The van der Waals surface area contributed by atoms with Crippen LogP contribution in [0.15, 0.2) is 30.4 Å². The zero-order chi connectivity index (χ0) is 12.4. The zero-order valence-corrected chi connectivity index (χ0v) is 11.1. The summed E-state index contributed by atoms with van der Waals surface area (Å²) in [6.45, 7) is 4.57. The van der Waals surface area contributed by atoms with Crippen LogP contribution < -0.4 is 5.32 Å². The highest BCUT2D eigenvalue weighted by Gasteiger charge is 2.20. The molecule has 1 unspecified atom stereocenters. The number of aromatic nitrogens is 2. The molecule has 0 aliphatic heterocycles. The van der Waals surface area contributed by atoms with Gasteiger partial charge in [-0.1, -0.05) is 6.58 Å². The minimum atomic E-state index is 0.507. The van der Waals surface area contributed by atoms with Crippen molar-refractivity contribution >= 4 is 17.5 Å². The molecule has 3 nitrogen and oxygen atoms in total. The summed E-state index contributed by atoms with van der Waals surface area (Å²) in [5, 5.41) is 10.0. The second kappa shape index (κ2) is 5.08. The molecule has 0 saturated heterocycles. The van der Waals surface area contributed by atoms with Crippen LogP contribution in [0.25, 0.3) is 6.20 Å². The third-order valence-corrected chi connectivity index (χ3v) is 4.44. The Bertz CT molecular complexity index is 541. The standard InChI is InChI=1S/C14H17N3S/c1-2-17-10-11(9-16-17)8-15-13-4-3-5-14-12(13)6-7-18-14/h2,6-7,9-10,13,15H,1,3-5,8H2. The zero-order valence-electron chi connectivity index (χ0n) is 10.3. The minimum Gasteiger partial charge on any atom is -0.306 e. The van der Waals surface area contributed by atoms with Gasteiger partial charge in [-0.25, -0.2) is 4.68 Å². The molecule has 1 N–H and O–H groups in total. The number of hydrogen-bond donors (Lipinski definition) is 1. The van der Waals surface area contributed by atoms with Crippen LogP contribution >= 0.6 is 11.3 Å². The van der Waals surface area contributed by atoms with Gasteiger partial charge in [0.05, 0.1) is 6.20 Å². The van der Waals surface area contributed by atoms with Crippen molar-refractivity contribution in [1.29, 1.82) is 0 Å². The highest BCUT2D eigenvalue weighted by molar-refractivity contribution is 7.10. The van der Waals surface area contributed by atoms with Gasteiger partial charge in [0.2, 0.25) is 0 Å². The molecule has 0 bridgehead atoms. The summed E-state index contributed by atoms with van der Waals surface area (Å²) in [6, 6.07) is 2.77. The van der Waals surface area contributed by atoms with E-state index in [-0.39, 0.29) is 0 Å². The molecule has 0 saturated carbocycles. The van der Waals surface area contributed by atoms with Gasteiger partial charge in [-0.15, -0.1) is 11.3 Å². The van der Waals surface area contributed by atoms with Gasteiger partial charge in [-0.2, -0.15) is 5.10 Å². The average Bonchev–Trinajstić information content (AvgIpc) is 3.05. The topological polar surface area (TPSA) is 29.9 Å². The SMILES string of the molecule is C=Cn1cc(CNC2CCCc3sccc32)cn1. The molecular formula is C14H17N3S. The molecule has 4 heteroatoms. The molecule has 0 aromatic carbocycles. The predicted molar refractivity (Wildman–Crippen MR) is 75.5 cm³/mol. The second-order valence-electron chi connectivity index (χ2n) is 4.64. The van der Waals surface area contributed by atoms with Gasteiger partial charge in [-0.3, -0.25) is 0 Å². The molecule has 0 amide bonds. The largest absolute Gasteiger partial charge is 0.306 e. The maximum absolute atomic E-state index is 4.19. The fourth-order valence-electron chi connectivity index (χ4n) is 2.51. The van der Waals surface area contributed by atoms with Crippen LogP contribution in [0.2, 0.25) is 0 Å². The summed E-state index contributed by atoms with van der Waals surface area (Å²) in [5.41, 5.74) is 2.71. The summed E-state index contributed by atoms with van der Waals surface area (Å²) in [7, 11) is 0. The predicted octanol–water partition coefficient (Wildman–Crippen LogP) is 3.21. The first-order valence-electron chi connectivity index (χ1n) is 6.32. The van der Waals surface area contributed by atoms with Crippen molar-refractivity contribution in [3.8, 4) is 0 Å². The van der Waals surface area contributed by atoms with Gasteiger partial charge >= 0.3 is 0 Å². The maximum atomic E-state index is 4.19. The third kappa shape index (κ3) is 2.26. The number of hydrogen-bond acceptors (Lipinski definition) is 3. The quantitative estimate of drug-likeness (QED) is 0.913. The number of nitrogens with one attached hydrogen (secondary N) is 1. The monoisotopic (exact) mass is 259 g/mol. The Morgan fingerprint density at radius 3 is 3.39 bits per heavy atom. The van der Waals surface area contributed by atoms with Gasteiger partial charge in [0.1, 0.15) is 0 Å². The Kier molecular flexibility index (Phi) is 3.30. The van der Waals surface area contributed by atoms with E-state index in [1.54, 1.807) is 15.8 Å². The van der Waals surface area contributed by atoms with Crippen LogP contribution in [-0.4, -0.2) is 9.78 Å². The first-order chi connectivity index (χ1) is 8.86. The van der Waals surface area contributed by atoms with Gasteiger partial charge in [0.15, 0.2) is 0 Å². The van der Waals surface area contributed by atoms with Crippen molar-refractivity contribution in [2.75, 3.05) is 0 Å². The Morgan fingerprint density at radius 2 is 2.56 bits per heavy atom. The van der Waals surface area contributed by atoms with E-state index in [0.29, 0.717) is 6.04 Å². The number of thiophene rings is 1. The van der Waals surface area contributed by atoms with Crippen molar-refractivity contribution in [1.82, 2.24) is 15.1 Å². The van der Waals surface area contributed by atoms with Crippen molar-refractivity contribution in [3.63, 3.8) is 0 Å². The molecule has 0 spiro atoms. The van der Waals surface area contributed by atoms with Gasteiger partial charge < -0.3 is 5.32 Å². The molecule has 18 heavy (non-hydrogen) atoms. The van der Waals surface area contributed by atoms with Crippen molar-refractivity contribution in [2.24, 2.45) is 0 Å². The van der Waals surface area contributed by atoms with Crippen LogP contribution in [0.3, 0.4) is 0 Å². The van der Waals surface area contributed by atoms with Crippen molar-refractivity contribution < 1.29 is 0 Å². The lowest BCUT2D eigenvalue weighted by Gasteiger charge is -2.23. The van der Waals surface area contributed by atoms with Crippen LogP contribution in [-0.2, 0) is 13.0 Å². The number of rotatable bonds is 4. The molecule has 94 valence electrons. The van der Waals surface area contributed by atoms with Crippen LogP contribution in [0.5, 0.6) is 0 Å². The lowest BCUT2D eigenvalue weighted by atomic mass is 9.94. The molecule has 1 atom stereocenters. The smallest absolute Gasteiger partial charge is 0.0538 e. The Morgan fingerprint density at radius 1 is 1.61 bits per heavy atom. The summed E-state index contributed by atoms with van der Waals surface area (Å²) in [5.74, 6) is 0. The van der Waals surface area contributed by atoms with Crippen molar-refractivity contribution in [3.05, 3.63) is 46.4 Å². The van der Waals surface area contributed by atoms with E-state index < -0.39 is 0 Å². The summed E-state index contributed by atoms with van der Waals surface area (Å²) in [4.78, 5) is 1.56. The van der Waals surface area contributed by atoms with Crippen molar-refractivity contribution in [2.45, 2.75) is 31.8 Å². The summed E-state index contributed by atoms with van der Waals surface area (Å²) >= 11 is 1.89. The molecule has 2 aromatic rings. The van der Waals surface area contributed by atoms with E-state index in [2.05, 4.69) is 28.4 Å².